The quantitative estimate of drug-likeness (QED) is 0.440. The van der Waals surface area contributed by atoms with Crippen molar-refractivity contribution in [3.05, 3.63) is 87.7 Å². The number of alkyl halides is 2. The Morgan fingerprint density at radius 2 is 1.92 bits per heavy atom. The summed E-state index contributed by atoms with van der Waals surface area (Å²) in [6, 6.07) is 10.4. The molecule has 2 N–H and O–H groups in total. The number of aryl methyl sites for hydroxylation is 1. The molecule has 0 radical (unpaired) electrons. The van der Waals surface area contributed by atoms with Crippen molar-refractivity contribution in [2.45, 2.75) is 50.7 Å². The average Bonchev–Trinajstić information content (AvgIpc) is 3.13. The number of rotatable bonds is 6. The van der Waals surface area contributed by atoms with E-state index in [2.05, 4.69) is 15.3 Å². The molecular formula is C28H26ClF3N4O3. The Kier molecular flexibility index (Phi) is 7.35. The van der Waals surface area contributed by atoms with E-state index in [0.29, 0.717) is 43.5 Å². The van der Waals surface area contributed by atoms with Gasteiger partial charge in [0.2, 0.25) is 5.60 Å². The Balaban J connectivity index is 1.28. The second-order valence-electron chi connectivity index (χ2n) is 9.99. The van der Waals surface area contributed by atoms with Crippen molar-refractivity contribution in [2.24, 2.45) is 5.92 Å². The van der Waals surface area contributed by atoms with Gasteiger partial charge in [-0.05, 0) is 62.8 Å². The summed E-state index contributed by atoms with van der Waals surface area (Å²) in [5.74, 6) is -1.66. The fourth-order valence-electron chi connectivity index (χ4n) is 5.43. The highest BCUT2D eigenvalue weighted by Crippen LogP contribution is 2.44. The van der Waals surface area contributed by atoms with Crippen LogP contribution in [0.2, 0.25) is 5.02 Å². The normalized spacial score (nSPS) is 22.7. The minimum atomic E-state index is -2.91. The first-order valence-electron chi connectivity index (χ1n) is 12.6. The number of nitrogens with one attached hydrogen (secondary N) is 1. The molecule has 0 saturated heterocycles. The molecule has 1 unspecified atom stereocenters. The lowest BCUT2D eigenvalue weighted by atomic mass is 9.85. The van der Waals surface area contributed by atoms with Gasteiger partial charge in [0, 0.05) is 24.3 Å². The van der Waals surface area contributed by atoms with Crippen LogP contribution >= 0.6 is 11.6 Å². The Morgan fingerprint density at radius 1 is 1.21 bits per heavy atom. The van der Waals surface area contributed by atoms with Crippen molar-refractivity contribution in [1.29, 1.82) is 0 Å². The maximum absolute atomic E-state index is 13.9. The number of carbonyl (C=O) groups excluding carboxylic acids is 2. The number of benzene rings is 1. The van der Waals surface area contributed by atoms with E-state index in [0.717, 1.165) is 6.20 Å². The van der Waals surface area contributed by atoms with E-state index in [4.69, 9.17) is 11.6 Å². The Morgan fingerprint density at radius 3 is 2.62 bits per heavy atom. The lowest BCUT2D eigenvalue weighted by Gasteiger charge is -2.32. The molecule has 5 rings (SSSR count). The van der Waals surface area contributed by atoms with E-state index in [1.54, 1.807) is 29.2 Å². The number of aromatic nitrogens is 2. The maximum atomic E-state index is 13.9. The predicted molar refractivity (Wildman–Crippen MR) is 138 cm³/mol. The first-order chi connectivity index (χ1) is 18.6. The predicted octanol–water partition coefficient (Wildman–Crippen LogP) is 5.09. The van der Waals surface area contributed by atoms with Crippen LogP contribution in [0.1, 0.15) is 65.1 Å². The van der Waals surface area contributed by atoms with Crippen molar-refractivity contribution in [3.63, 3.8) is 0 Å². The van der Waals surface area contributed by atoms with Gasteiger partial charge >= 0.3 is 0 Å². The van der Waals surface area contributed by atoms with Crippen LogP contribution in [-0.4, -0.2) is 39.5 Å². The summed E-state index contributed by atoms with van der Waals surface area (Å²) in [4.78, 5) is 35.7. The summed E-state index contributed by atoms with van der Waals surface area (Å²) in [5, 5.41) is 14.5. The van der Waals surface area contributed by atoms with E-state index in [1.807, 2.05) is 0 Å². The summed E-state index contributed by atoms with van der Waals surface area (Å²) in [5.41, 5.74) is -1.80. The number of fused-ring (bicyclic) bond motifs is 1. The highest BCUT2D eigenvalue weighted by Gasteiger charge is 2.52. The van der Waals surface area contributed by atoms with Gasteiger partial charge in [0.25, 0.3) is 18.2 Å². The highest BCUT2D eigenvalue weighted by atomic mass is 35.5. The fraction of sp³-hybridized carbons (Fsp3) is 0.357. The largest absolute Gasteiger partial charge is 0.370 e. The average molecular weight is 559 g/mol. The number of hydrogen-bond acceptors (Lipinski definition) is 5. The van der Waals surface area contributed by atoms with Gasteiger partial charge in [-0.2, -0.15) is 0 Å². The van der Waals surface area contributed by atoms with Crippen LogP contribution in [0.5, 0.6) is 0 Å². The molecule has 1 aliphatic heterocycles. The lowest BCUT2D eigenvalue weighted by molar-refractivity contribution is -0.132. The van der Waals surface area contributed by atoms with Gasteiger partial charge in [-0.25, -0.2) is 13.2 Å². The van der Waals surface area contributed by atoms with E-state index in [9.17, 15) is 27.9 Å². The Bertz CT molecular complexity index is 1430. The molecule has 3 heterocycles. The van der Waals surface area contributed by atoms with Crippen molar-refractivity contribution >= 4 is 29.1 Å². The zero-order valence-electron chi connectivity index (χ0n) is 21.0. The number of amides is 2. The SMILES string of the molecule is Cc1nc(C2(O)C(=O)N(C[C@H]3CC[C@H](NC(=O)c4cc(Cl)cnc4C(F)F)CC3)c3ccccc32)ccc1F. The fourth-order valence-corrected chi connectivity index (χ4v) is 5.58. The molecule has 2 aromatic heterocycles. The second kappa shape index (κ2) is 10.6. The van der Waals surface area contributed by atoms with E-state index < -0.39 is 35.4 Å². The van der Waals surface area contributed by atoms with Gasteiger partial charge in [0.1, 0.15) is 11.5 Å². The summed E-state index contributed by atoms with van der Waals surface area (Å²) >= 11 is 5.87. The molecule has 1 aromatic carbocycles. The molecule has 1 fully saturated rings. The highest BCUT2D eigenvalue weighted by molar-refractivity contribution is 6.30. The summed E-state index contributed by atoms with van der Waals surface area (Å²) in [7, 11) is 0. The maximum Gasteiger partial charge on any atom is 0.281 e. The molecule has 204 valence electrons. The molecule has 0 bridgehead atoms. The van der Waals surface area contributed by atoms with E-state index in [1.165, 1.54) is 25.1 Å². The lowest BCUT2D eigenvalue weighted by Crippen LogP contribution is -2.45. The third-order valence-electron chi connectivity index (χ3n) is 7.49. The third-order valence-corrected chi connectivity index (χ3v) is 7.70. The van der Waals surface area contributed by atoms with Gasteiger partial charge in [0.15, 0.2) is 0 Å². The number of halogens is 4. The molecule has 2 aliphatic rings. The molecule has 1 atom stereocenters. The van der Waals surface area contributed by atoms with Gasteiger partial charge in [-0.15, -0.1) is 0 Å². The zero-order valence-corrected chi connectivity index (χ0v) is 21.8. The molecule has 1 aliphatic carbocycles. The first kappa shape index (κ1) is 27.1. The molecule has 3 aromatic rings. The van der Waals surface area contributed by atoms with Crippen LogP contribution in [0.15, 0.2) is 48.7 Å². The van der Waals surface area contributed by atoms with Gasteiger partial charge < -0.3 is 15.3 Å². The molecular weight excluding hydrogens is 533 g/mol. The van der Waals surface area contributed by atoms with Crippen LogP contribution in [0.4, 0.5) is 18.9 Å². The minimum Gasteiger partial charge on any atom is -0.370 e. The van der Waals surface area contributed by atoms with Gasteiger partial charge in [-0.3, -0.25) is 19.6 Å². The molecule has 0 spiro atoms. The van der Waals surface area contributed by atoms with Crippen molar-refractivity contribution in [3.8, 4) is 0 Å². The number of pyridine rings is 2. The van der Waals surface area contributed by atoms with Gasteiger partial charge in [-0.1, -0.05) is 29.8 Å². The number of hydrogen-bond donors (Lipinski definition) is 2. The third kappa shape index (κ3) is 4.98. The number of nitrogens with zero attached hydrogens (tertiary/aromatic N) is 3. The summed E-state index contributed by atoms with van der Waals surface area (Å²) in [6.45, 7) is 1.81. The van der Waals surface area contributed by atoms with Crippen molar-refractivity contribution < 1.29 is 27.9 Å². The minimum absolute atomic E-state index is 0.0615. The second-order valence-corrected chi connectivity index (χ2v) is 10.4. The van der Waals surface area contributed by atoms with Crippen LogP contribution in [0, 0.1) is 18.7 Å². The summed E-state index contributed by atoms with van der Waals surface area (Å²) in [6.07, 6.45) is 0.670. The molecule has 7 nitrogen and oxygen atoms in total. The first-order valence-corrected chi connectivity index (χ1v) is 13.0. The van der Waals surface area contributed by atoms with Crippen LogP contribution in [0.3, 0.4) is 0 Å². The van der Waals surface area contributed by atoms with E-state index in [-0.39, 0.29) is 33.9 Å². The van der Waals surface area contributed by atoms with Crippen molar-refractivity contribution in [2.75, 3.05) is 11.4 Å². The number of carbonyl (C=O) groups is 2. The topological polar surface area (TPSA) is 95.4 Å². The smallest absolute Gasteiger partial charge is 0.281 e. The molecule has 1 saturated carbocycles. The zero-order chi connectivity index (χ0) is 27.9. The summed E-state index contributed by atoms with van der Waals surface area (Å²) < 4.78 is 40.5. The molecule has 11 heteroatoms. The van der Waals surface area contributed by atoms with E-state index >= 15 is 0 Å². The molecule has 39 heavy (non-hydrogen) atoms. The molecule has 2 amide bonds. The van der Waals surface area contributed by atoms with Gasteiger partial charge in [0.05, 0.1) is 27.7 Å². The number of anilines is 1. The Hall–Kier alpha value is -3.50. The standard InChI is InChI=1S/C28H26ClF3N4O3/c1-15-21(30)10-11-23(34-15)28(39)20-4-2-3-5-22(20)36(27(28)38)14-16-6-8-18(9-7-16)35-26(37)19-12-17(29)13-33-24(19)25(31)32/h2-5,10-13,16,18,25,39H,6-9,14H2,1H3,(H,35,37)/t16-,18-,28?. The number of aliphatic hydroxyl groups is 1. The van der Waals surface area contributed by atoms with Crippen LogP contribution < -0.4 is 10.2 Å². The van der Waals surface area contributed by atoms with Crippen LogP contribution in [-0.2, 0) is 10.4 Å². The number of para-hydroxylation sites is 1. The Labute approximate surface area is 228 Å². The van der Waals surface area contributed by atoms with Crippen LogP contribution in [0.25, 0.3) is 0 Å². The monoisotopic (exact) mass is 558 g/mol. The van der Waals surface area contributed by atoms with Crippen molar-refractivity contribution in [1.82, 2.24) is 15.3 Å².